The lowest BCUT2D eigenvalue weighted by atomic mass is 10.2. The predicted molar refractivity (Wildman–Crippen MR) is 58.1 cm³/mol. The third-order valence-corrected chi connectivity index (χ3v) is 3.42. The fourth-order valence-electron chi connectivity index (χ4n) is 1.78. The largest absolute Gasteiger partial charge is 0.476 e. The average molecular weight is 261 g/mol. The molecule has 4 N–H and O–H groups in total. The molecule has 94 valence electrons. The number of nitrogens with zero attached hydrogens (tertiary/aromatic N) is 2. The lowest BCUT2D eigenvalue weighted by Crippen LogP contribution is -2.31. The van der Waals surface area contributed by atoms with E-state index in [0.29, 0.717) is 18.9 Å². The van der Waals surface area contributed by atoms with Crippen molar-refractivity contribution in [1.82, 2.24) is 9.55 Å². The number of hydrogen-bond acceptors (Lipinski definition) is 4. The summed E-state index contributed by atoms with van der Waals surface area (Å²) in [6.07, 6.45) is 1.65. The number of imidazole rings is 1. The third-order valence-electron chi connectivity index (χ3n) is 2.51. The Kier molecular flexibility index (Phi) is 2.94. The van der Waals surface area contributed by atoms with Crippen LogP contribution in [-0.4, -0.2) is 42.6 Å². The minimum atomic E-state index is -4.07. The van der Waals surface area contributed by atoms with Crippen molar-refractivity contribution in [1.29, 1.82) is 0 Å². The first-order valence-electron chi connectivity index (χ1n) is 4.97. The molecular weight excluding hydrogens is 249 g/mol. The molecule has 1 aromatic heterocycles. The van der Waals surface area contributed by atoms with Gasteiger partial charge in [-0.3, -0.25) is 4.57 Å². The first kappa shape index (κ1) is 12.1. The minimum Gasteiger partial charge on any atom is -0.476 e. The maximum Gasteiger partial charge on any atom is 0.356 e. The maximum absolute atomic E-state index is 10.9. The molecule has 0 amide bonds. The van der Waals surface area contributed by atoms with Crippen LogP contribution in [0, 0.1) is 0 Å². The molecule has 0 radical (unpaired) electrons. The number of anilines is 1. The quantitative estimate of drug-likeness (QED) is 0.562. The second-order valence-electron chi connectivity index (χ2n) is 3.93. The van der Waals surface area contributed by atoms with Crippen molar-refractivity contribution in [3.63, 3.8) is 0 Å². The van der Waals surface area contributed by atoms with E-state index in [4.69, 9.17) is 14.9 Å². The summed E-state index contributed by atoms with van der Waals surface area (Å²) < 4.78 is 12.5. The third kappa shape index (κ3) is 2.85. The Morgan fingerprint density at radius 3 is 2.94 bits per heavy atom. The van der Waals surface area contributed by atoms with E-state index in [-0.39, 0.29) is 17.9 Å². The van der Waals surface area contributed by atoms with Gasteiger partial charge < -0.3 is 24.8 Å². The molecule has 0 saturated heterocycles. The van der Waals surface area contributed by atoms with Gasteiger partial charge in [0.05, 0.1) is 6.16 Å². The molecule has 1 aromatic rings. The van der Waals surface area contributed by atoms with Gasteiger partial charge in [-0.05, 0) is 6.42 Å². The van der Waals surface area contributed by atoms with E-state index in [1.165, 1.54) is 6.20 Å². The van der Waals surface area contributed by atoms with Gasteiger partial charge >= 0.3 is 13.6 Å². The summed E-state index contributed by atoms with van der Waals surface area (Å²) in [6, 6.07) is -0.382. The first-order valence-corrected chi connectivity index (χ1v) is 6.76. The van der Waals surface area contributed by atoms with Crippen LogP contribution in [0.4, 0.5) is 5.95 Å². The highest BCUT2D eigenvalue weighted by Crippen LogP contribution is 2.37. The monoisotopic (exact) mass is 261 g/mol. The topological polar surface area (TPSA) is 125 Å². The number of rotatable bonds is 3. The Hall–Kier alpha value is -1.37. The van der Waals surface area contributed by atoms with Gasteiger partial charge in [-0.25, -0.2) is 9.78 Å². The van der Waals surface area contributed by atoms with Gasteiger partial charge in [-0.2, -0.15) is 0 Å². The van der Waals surface area contributed by atoms with Crippen molar-refractivity contribution in [2.75, 3.05) is 11.5 Å². The van der Waals surface area contributed by atoms with Crippen molar-refractivity contribution in [3.8, 4) is 0 Å². The number of aromatic carboxylic acids is 1. The molecule has 1 unspecified atom stereocenters. The zero-order valence-corrected chi connectivity index (χ0v) is 9.67. The van der Waals surface area contributed by atoms with Gasteiger partial charge in [0.1, 0.15) is 0 Å². The first-order chi connectivity index (χ1) is 7.85. The lowest BCUT2D eigenvalue weighted by Gasteiger charge is -2.25. The zero-order chi connectivity index (χ0) is 12.6. The SMILES string of the molecule is O=C(O)c1cn2c(n1)NC(CP(=O)(O)O)CC2. The normalized spacial score (nSPS) is 19.5. The molecule has 2 heterocycles. The van der Waals surface area contributed by atoms with Gasteiger partial charge in [-0.15, -0.1) is 0 Å². The number of aryl methyl sites for hydroxylation is 1. The van der Waals surface area contributed by atoms with Crippen LogP contribution in [-0.2, 0) is 11.1 Å². The predicted octanol–water partition coefficient (Wildman–Crippen LogP) is -0.0568. The number of nitrogens with one attached hydrogen (secondary N) is 1. The molecule has 0 aromatic carbocycles. The molecule has 1 atom stereocenters. The van der Waals surface area contributed by atoms with E-state index in [2.05, 4.69) is 10.3 Å². The average Bonchev–Trinajstić information content (AvgIpc) is 2.57. The minimum absolute atomic E-state index is 0.0793. The highest BCUT2D eigenvalue weighted by atomic mass is 31.2. The van der Waals surface area contributed by atoms with E-state index >= 15 is 0 Å². The van der Waals surface area contributed by atoms with Gasteiger partial charge in [0.25, 0.3) is 0 Å². The zero-order valence-electron chi connectivity index (χ0n) is 8.78. The molecular formula is C8H12N3O5P. The molecule has 2 rings (SSSR count). The number of aromatic nitrogens is 2. The van der Waals surface area contributed by atoms with Crippen LogP contribution >= 0.6 is 7.60 Å². The summed E-state index contributed by atoms with van der Waals surface area (Å²) in [5.41, 5.74) is -0.0793. The van der Waals surface area contributed by atoms with Crippen LogP contribution in [0.2, 0.25) is 0 Å². The van der Waals surface area contributed by atoms with E-state index in [9.17, 15) is 9.36 Å². The Labute approximate surface area is 96.4 Å². The van der Waals surface area contributed by atoms with E-state index in [1.807, 2.05) is 0 Å². The van der Waals surface area contributed by atoms with Crippen molar-refractivity contribution in [3.05, 3.63) is 11.9 Å². The second kappa shape index (κ2) is 4.14. The Bertz CT molecular complexity index is 493. The highest BCUT2D eigenvalue weighted by Gasteiger charge is 2.27. The maximum atomic E-state index is 10.9. The molecule has 1 aliphatic heterocycles. The Morgan fingerprint density at radius 1 is 1.65 bits per heavy atom. The molecule has 0 bridgehead atoms. The summed E-state index contributed by atoms with van der Waals surface area (Å²) in [6.45, 7) is 0.493. The Balaban J connectivity index is 2.13. The van der Waals surface area contributed by atoms with Crippen molar-refractivity contribution in [2.45, 2.75) is 19.0 Å². The van der Waals surface area contributed by atoms with Gasteiger partial charge in [-0.1, -0.05) is 0 Å². The van der Waals surface area contributed by atoms with Gasteiger partial charge in [0, 0.05) is 18.8 Å². The summed E-state index contributed by atoms with van der Waals surface area (Å²) in [5, 5.41) is 11.6. The smallest absolute Gasteiger partial charge is 0.356 e. The van der Waals surface area contributed by atoms with Crippen LogP contribution in [0.1, 0.15) is 16.9 Å². The number of carboxylic acid groups (broad SMARTS) is 1. The summed E-state index contributed by atoms with van der Waals surface area (Å²) in [7, 11) is -4.07. The lowest BCUT2D eigenvalue weighted by molar-refractivity contribution is 0.0691. The van der Waals surface area contributed by atoms with Crippen LogP contribution < -0.4 is 5.32 Å². The summed E-state index contributed by atoms with van der Waals surface area (Å²) in [4.78, 5) is 32.3. The van der Waals surface area contributed by atoms with E-state index in [1.54, 1.807) is 4.57 Å². The summed E-state index contributed by atoms with van der Waals surface area (Å²) in [5.74, 6) is -0.785. The van der Waals surface area contributed by atoms with Gasteiger partial charge in [0.2, 0.25) is 5.95 Å². The molecule has 0 spiro atoms. The molecule has 8 nitrogen and oxygen atoms in total. The van der Waals surface area contributed by atoms with Crippen LogP contribution in [0.5, 0.6) is 0 Å². The van der Waals surface area contributed by atoms with E-state index < -0.39 is 13.6 Å². The van der Waals surface area contributed by atoms with Crippen molar-refractivity contribution >= 4 is 19.5 Å². The number of hydrogen-bond donors (Lipinski definition) is 4. The number of carbonyl (C=O) groups is 1. The molecule has 1 aliphatic rings. The fraction of sp³-hybridized carbons (Fsp3) is 0.500. The highest BCUT2D eigenvalue weighted by molar-refractivity contribution is 7.51. The fourth-order valence-corrected chi connectivity index (χ4v) is 2.63. The standard InChI is InChI=1S/C8H12N3O5P/c12-7(13)6-3-11-2-1-5(4-17(14,15)16)9-8(11)10-6/h3,5H,1-2,4H2,(H,9,10)(H,12,13)(H2,14,15,16). The second-order valence-corrected chi connectivity index (χ2v) is 5.62. The Morgan fingerprint density at radius 2 is 2.35 bits per heavy atom. The van der Waals surface area contributed by atoms with Crippen LogP contribution in [0.25, 0.3) is 0 Å². The molecule has 0 saturated carbocycles. The molecule has 0 fully saturated rings. The van der Waals surface area contributed by atoms with E-state index in [0.717, 1.165) is 0 Å². The summed E-state index contributed by atoms with van der Waals surface area (Å²) >= 11 is 0. The van der Waals surface area contributed by atoms with Crippen molar-refractivity contribution < 1.29 is 24.3 Å². The molecule has 9 heteroatoms. The molecule has 0 aliphatic carbocycles. The van der Waals surface area contributed by atoms with Crippen molar-refractivity contribution in [2.24, 2.45) is 0 Å². The van der Waals surface area contributed by atoms with Crippen LogP contribution in [0.15, 0.2) is 6.20 Å². The number of carboxylic acids is 1. The molecule has 17 heavy (non-hydrogen) atoms. The van der Waals surface area contributed by atoms with Crippen LogP contribution in [0.3, 0.4) is 0 Å². The number of fused-ring (bicyclic) bond motifs is 1. The van der Waals surface area contributed by atoms with Gasteiger partial charge in [0.15, 0.2) is 5.69 Å².